The molecule has 0 aliphatic rings. The normalized spacial score (nSPS) is 10.7. The zero-order chi connectivity index (χ0) is 11.7. The van der Waals surface area contributed by atoms with Gasteiger partial charge in [0.05, 0.1) is 5.69 Å². The van der Waals surface area contributed by atoms with Crippen LogP contribution in [-0.4, -0.2) is 14.8 Å². The molecule has 0 aliphatic heterocycles. The Hall–Kier alpha value is -1.91. The Labute approximate surface area is 92.9 Å². The Morgan fingerprint density at radius 1 is 1.44 bits per heavy atom. The van der Waals surface area contributed by atoms with E-state index in [-0.39, 0.29) is 5.69 Å². The standard InChI is InChI=1S/C11H13FN4/c1-3-10-14-11(16(2)15-10)7-4-5-9(13)8(12)6-7/h4-6H,3,13H2,1-2H3. The van der Waals surface area contributed by atoms with E-state index in [1.54, 1.807) is 17.8 Å². The van der Waals surface area contributed by atoms with Gasteiger partial charge in [0.1, 0.15) is 5.82 Å². The Morgan fingerprint density at radius 3 is 2.75 bits per heavy atom. The summed E-state index contributed by atoms with van der Waals surface area (Å²) in [6.07, 6.45) is 0.755. The van der Waals surface area contributed by atoms with Crippen LogP contribution >= 0.6 is 0 Å². The second-order valence-electron chi connectivity index (χ2n) is 3.57. The van der Waals surface area contributed by atoms with Gasteiger partial charge in [0.2, 0.25) is 0 Å². The van der Waals surface area contributed by atoms with Crippen molar-refractivity contribution in [3.63, 3.8) is 0 Å². The third-order valence-electron chi connectivity index (χ3n) is 2.38. The maximum atomic E-state index is 13.3. The molecule has 0 spiro atoms. The fourth-order valence-corrected chi connectivity index (χ4v) is 1.50. The zero-order valence-corrected chi connectivity index (χ0v) is 9.24. The van der Waals surface area contributed by atoms with E-state index in [0.717, 1.165) is 12.2 Å². The number of nitrogens with zero attached hydrogens (tertiary/aromatic N) is 3. The number of halogens is 1. The van der Waals surface area contributed by atoms with Gasteiger partial charge in [-0.2, -0.15) is 5.10 Å². The summed E-state index contributed by atoms with van der Waals surface area (Å²) in [6.45, 7) is 1.97. The maximum Gasteiger partial charge on any atom is 0.158 e. The lowest BCUT2D eigenvalue weighted by atomic mass is 10.2. The van der Waals surface area contributed by atoms with Crippen LogP contribution in [-0.2, 0) is 13.5 Å². The molecule has 0 bridgehead atoms. The van der Waals surface area contributed by atoms with Gasteiger partial charge in [0.25, 0.3) is 0 Å². The third-order valence-corrected chi connectivity index (χ3v) is 2.38. The van der Waals surface area contributed by atoms with E-state index in [1.165, 1.54) is 12.1 Å². The van der Waals surface area contributed by atoms with Gasteiger partial charge < -0.3 is 5.73 Å². The van der Waals surface area contributed by atoms with Crippen LogP contribution in [0.4, 0.5) is 10.1 Å². The largest absolute Gasteiger partial charge is 0.396 e. The number of hydrogen-bond acceptors (Lipinski definition) is 3. The minimum Gasteiger partial charge on any atom is -0.396 e. The van der Waals surface area contributed by atoms with Crippen LogP contribution in [0.25, 0.3) is 11.4 Å². The molecular weight excluding hydrogens is 207 g/mol. The van der Waals surface area contributed by atoms with Crippen LogP contribution in [0.1, 0.15) is 12.7 Å². The number of anilines is 1. The lowest BCUT2D eigenvalue weighted by Crippen LogP contribution is -1.96. The number of rotatable bonds is 2. The molecule has 1 heterocycles. The Bertz CT molecular complexity index is 519. The molecule has 1 aromatic carbocycles. The van der Waals surface area contributed by atoms with Gasteiger partial charge in [0, 0.05) is 19.0 Å². The van der Waals surface area contributed by atoms with Crippen molar-refractivity contribution < 1.29 is 4.39 Å². The molecule has 0 saturated heterocycles. The number of benzene rings is 1. The summed E-state index contributed by atoms with van der Waals surface area (Å²) in [5.41, 5.74) is 6.24. The number of hydrogen-bond donors (Lipinski definition) is 1. The molecule has 2 rings (SSSR count). The van der Waals surface area contributed by atoms with Crippen molar-refractivity contribution in [2.45, 2.75) is 13.3 Å². The molecule has 84 valence electrons. The van der Waals surface area contributed by atoms with Crippen molar-refractivity contribution in [2.24, 2.45) is 7.05 Å². The molecule has 4 nitrogen and oxygen atoms in total. The highest BCUT2D eigenvalue weighted by Gasteiger charge is 2.09. The van der Waals surface area contributed by atoms with Crippen LogP contribution in [0.5, 0.6) is 0 Å². The number of aromatic nitrogens is 3. The monoisotopic (exact) mass is 220 g/mol. The minimum absolute atomic E-state index is 0.140. The van der Waals surface area contributed by atoms with Crippen molar-refractivity contribution in [3.8, 4) is 11.4 Å². The molecule has 0 atom stereocenters. The summed E-state index contributed by atoms with van der Waals surface area (Å²) in [6, 6.07) is 4.64. The van der Waals surface area contributed by atoms with Crippen LogP contribution in [0.15, 0.2) is 18.2 Å². The molecule has 0 amide bonds. The Morgan fingerprint density at radius 2 is 2.19 bits per heavy atom. The number of nitrogens with two attached hydrogens (primary N) is 1. The lowest BCUT2D eigenvalue weighted by Gasteiger charge is -2.01. The fourth-order valence-electron chi connectivity index (χ4n) is 1.50. The summed E-state index contributed by atoms with van der Waals surface area (Å²) >= 11 is 0. The molecule has 0 aliphatic carbocycles. The molecule has 2 N–H and O–H groups in total. The summed E-state index contributed by atoms with van der Waals surface area (Å²) in [5, 5.41) is 4.21. The zero-order valence-electron chi connectivity index (χ0n) is 9.24. The van der Waals surface area contributed by atoms with Crippen LogP contribution in [0.2, 0.25) is 0 Å². The van der Waals surface area contributed by atoms with Gasteiger partial charge in [-0.05, 0) is 18.2 Å². The predicted molar refractivity (Wildman–Crippen MR) is 60.2 cm³/mol. The highest BCUT2D eigenvalue weighted by atomic mass is 19.1. The van der Waals surface area contributed by atoms with Crippen molar-refractivity contribution >= 4 is 5.69 Å². The van der Waals surface area contributed by atoms with E-state index >= 15 is 0 Å². The van der Waals surface area contributed by atoms with E-state index in [2.05, 4.69) is 10.1 Å². The van der Waals surface area contributed by atoms with Crippen molar-refractivity contribution in [1.82, 2.24) is 14.8 Å². The van der Waals surface area contributed by atoms with Gasteiger partial charge in [0.15, 0.2) is 11.6 Å². The van der Waals surface area contributed by atoms with Crippen molar-refractivity contribution in [2.75, 3.05) is 5.73 Å². The molecule has 0 unspecified atom stereocenters. The average molecular weight is 220 g/mol. The molecule has 5 heteroatoms. The topological polar surface area (TPSA) is 56.7 Å². The first kappa shape index (κ1) is 10.6. The molecule has 0 saturated carbocycles. The third kappa shape index (κ3) is 1.76. The molecule has 1 aromatic heterocycles. The smallest absolute Gasteiger partial charge is 0.158 e. The molecule has 0 fully saturated rings. The number of nitrogen functional groups attached to an aromatic ring is 1. The van der Waals surface area contributed by atoms with Gasteiger partial charge in [-0.25, -0.2) is 14.1 Å². The first-order valence-corrected chi connectivity index (χ1v) is 5.07. The summed E-state index contributed by atoms with van der Waals surface area (Å²) < 4.78 is 14.9. The van der Waals surface area contributed by atoms with Gasteiger partial charge in [-0.15, -0.1) is 0 Å². The second-order valence-corrected chi connectivity index (χ2v) is 3.57. The lowest BCUT2D eigenvalue weighted by molar-refractivity contribution is 0.632. The first-order chi connectivity index (χ1) is 7.61. The first-order valence-electron chi connectivity index (χ1n) is 5.07. The predicted octanol–water partition coefficient (Wildman–Crippen LogP) is 1.77. The Kier molecular flexibility index (Phi) is 2.60. The molecule has 0 radical (unpaired) electrons. The van der Waals surface area contributed by atoms with Crippen LogP contribution < -0.4 is 5.73 Å². The summed E-state index contributed by atoms with van der Waals surface area (Å²) in [7, 11) is 1.79. The average Bonchev–Trinajstić information content (AvgIpc) is 2.64. The molecule has 2 aromatic rings. The van der Waals surface area contributed by atoms with Crippen LogP contribution in [0, 0.1) is 5.82 Å². The van der Waals surface area contributed by atoms with Gasteiger partial charge in [-0.3, -0.25) is 0 Å². The molecule has 16 heavy (non-hydrogen) atoms. The molecular formula is C11H13FN4. The Balaban J connectivity index is 2.49. The van der Waals surface area contributed by atoms with Crippen molar-refractivity contribution in [3.05, 3.63) is 29.8 Å². The van der Waals surface area contributed by atoms with E-state index in [4.69, 9.17) is 5.73 Å². The van der Waals surface area contributed by atoms with E-state index in [0.29, 0.717) is 11.4 Å². The summed E-state index contributed by atoms with van der Waals surface area (Å²) in [4.78, 5) is 4.31. The SMILES string of the molecule is CCc1nc(-c2ccc(N)c(F)c2)n(C)n1. The maximum absolute atomic E-state index is 13.3. The second kappa shape index (κ2) is 3.92. The highest BCUT2D eigenvalue weighted by Crippen LogP contribution is 2.21. The van der Waals surface area contributed by atoms with Gasteiger partial charge in [-0.1, -0.05) is 6.92 Å². The van der Waals surface area contributed by atoms with E-state index in [9.17, 15) is 4.39 Å². The van der Waals surface area contributed by atoms with Crippen LogP contribution in [0.3, 0.4) is 0 Å². The number of aryl methyl sites for hydroxylation is 2. The highest BCUT2D eigenvalue weighted by molar-refractivity contribution is 5.59. The van der Waals surface area contributed by atoms with Crippen molar-refractivity contribution in [1.29, 1.82) is 0 Å². The van der Waals surface area contributed by atoms with E-state index in [1.807, 2.05) is 6.92 Å². The quantitative estimate of drug-likeness (QED) is 0.785. The van der Waals surface area contributed by atoms with Gasteiger partial charge >= 0.3 is 0 Å². The summed E-state index contributed by atoms with van der Waals surface area (Å²) in [5.74, 6) is 0.962. The minimum atomic E-state index is -0.432. The fraction of sp³-hybridized carbons (Fsp3) is 0.273. The van der Waals surface area contributed by atoms with E-state index < -0.39 is 5.82 Å².